The van der Waals surface area contributed by atoms with Crippen LogP contribution >= 0.6 is 0 Å². The van der Waals surface area contributed by atoms with Gasteiger partial charge in [0.15, 0.2) is 0 Å². The van der Waals surface area contributed by atoms with E-state index in [9.17, 15) is 4.79 Å². The van der Waals surface area contributed by atoms with Gasteiger partial charge in [0.1, 0.15) is 23.5 Å². The summed E-state index contributed by atoms with van der Waals surface area (Å²) in [6.07, 6.45) is 0.263. The van der Waals surface area contributed by atoms with Crippen molar-refractivity contribution >= 4 is 6.09 Å². The van der Waals surface area contributed by atoms with Gasteiger partial charge >= 0.3 is 6.09 Å². The molecule has 2 rings (SSSR count). The largest absolute Gasteiger partial charge is 0.472 e. The fourth-order valence-corrected chi connectivity index (χ4v) is 2.17. The summed E-state index contributed by atoms with van der Waals surface area (Å²) >= 11 is 0. The zero-order valence-electron chi connectivity index (χ0n) is 13.4. The predicted octanol–water partition coefficient (Wildman–Crippen LogP) is 2.65. The van der Waals surface area contributed by atoms with Crippen molar-refractivity contribution < 1.29 is 14.3 Å². The Kier molecular flexibility index (Phi) is 4.55. The molecule has 0 saturated carbocycles. The van der Waals surface area contributed by atoms with E-state index in [1.807, 2.05) is 39.8 Å². The highest BCUT2D eigenvalue weighted by molar-refractivity contribution is 5.68. The number of hydrogen-bond donors (Lipinski definition) is 0. The maximum atomic E-state index is 12.0. The lowest BCUT2D eigenvalue weighted by Crippen LogP contribution is -2.36. The van der Waals surface area contributed by atoms with Crippen molar-refractivity contribution in [1.82, 2.24) is 9.88 Å². The molecule has 1 aromatic rings. The van der Waals surface area contributed by atoms with Crippen LogP contribution in [0.1, 0.15) is 38.4 Å². The molecule has 6 nitrogen and oxygen atoms in total. The van der Waals surface area contributed by atoms with Crippen LogP contribution < -0.4 is 4.74 Å². The number of rotatable bonds is 2. The van der Waals surface area contributed by atoms with E-state index in [1.54, 1.807) is 11.0 Å². The van der Waals surface area contributed by atoms with Gasteiger partial charge < -0.3 is 14.4 Å². The van der Waals surface area contributed by atoms with E-state index < -0.39 is 5.60 Å². The Hall–Kier alpha value is -2.29. The third-order valence-corrected chi connectivity index (χ3v) is 3.24. The fraction of sp³-hybridized carbons (Fsp3) is 0.562. The van der Waals surface area contributed by atoms with Crippen molar-refractivity contribution in [2.45, 2.75) is 45.8 Å². The molecular formula is C16H21N3O3. The van der Waals surface area contributed by atoms with Crippen LogP contribution in [-0.4, -0.2) is 40.8 Å². The van der Waals surface area contributed by atoms with Crippen molar-refractivity contribution in [3.8, 4) is 11.9 Å². The first-order valence-electron chi connectivity index (χ1n) is 7.31. The molecular weight excluding hydrogens is 282 g/mol. The van der Waals surface area contributed by atoms with Gasteiger partial charge in [0.05, 0.1) is 6.54 Å². The fourth-order valence-electron chi connectivity index (χ4n) is 2.17. The van der Waals surface area contributed by atoms with Gasteiger partial charge in [-0.2, -0.15) is 5.26 Å². The minimum atomic E-state index is -0.505. The maximum absolute atomic E-state index is 12.0. The molecule has 0 spiro atoms. The third kappa shape index (κ3) is 4.10. The third-order valence-electron chi connectivity index (χ3n) is 3.24. The van der Waals surface area contributed by atoms with Gasteiger partial charge in [-0.1, -0.05) is 6.07 Å². The Labute approximate surface area is 130 Å². The number of carbonyl (C=O) groups is 1. The first kappa shape index (κ1) is 16.1. The number of pyridine rings is 1. The first-order chi connectivity index (χ1) is 10.3. The Morgan fingerprint density at radius 2 is 2.18 bits per heavy atom. The van der Waals surface area contributed by atoms with Crippen molar-refractivity contribution in [2.24, 2.45) is 0 Å². The van der Waals surface area contributed by atoms with Crippen LogP contribution in [0.5, 0.6) is 5.88 Å². The average molecular weight is 303 g/mol. The van der Waals surface area contributed by atoms with Crippen LogP contribution in [0.3, 0.4) is 0 Å². The molecule has 1 fully saturated rings. The van der Waals surface area contributed by atoms with Crippen molar-refractivity contribution in [3.63, 3.8) is 0 Å². The minimum Gasteiger partial charge on any atom is -0.472 e. The summed E-state index contributed by atoms with van der Waals surface area (Å²) < 4.78 is 11.2. The molecule has 0 radical (unpaired) electrons. The van der Waals surface area contributed by atoms with Gasteiger partial charge in [-0.15, -0.1) is 0 Å². The van der Waals surface area contributed by atoms with Crippen LogP contribution in [0, 0.1) is 18.3 Å². The predicted molar refractivity (Wildman–Crippen MR) is 80.5 cm³/mol. The maximum Gasteiger partial charge on any atom is 0.410 e. The molecule has 0 aliphatic carbocycles. The van der Waals surface area contributed by atoms with Gasteiger partial charge in [-0.05, 0) is 33.8 Å². The molecule has 1 aliphatic rings. The van der Waals surface area contributed by atoms with E-state index in [0.717, 1.165) is 12.0 Å². The molecule has 22 heavy (non-hydrogen) atoms. The summed E-state index contributed by atoms with van der Waals surface area (Å²) in [6.45, 7) is 8.47. The van der Waals surface area contributed by atoms with Gasteiger partial charge in [-0.3, -0.25) is 0 Å². The molecule has 1 aromatic heterocycles. The summed E-state index contributed by atoms with van der Waals surface area (Å²) in [6, 6.07) is 5.46. The second-order valence-corrected chi connectivity index (χ2v) is 6.39. The number of aryl methyl sites for hydroxylation is 1. The van der Waals surface area contributed by atoms with E-state index in [2.05, 4.69) is 4.98 Å². The summed E-state index contributed by atoms with van der Waals surface area (Å²) in [4.78, 5) is 17.8. The zero-order valence-corrected chi connectivity index (χ0v) is 13.4. The van der Waals surface area contributed by atoms with Crippen molar-refractivity contribution in [3.05, 3.63) is 23.4 Å². The van der Waals surface area contributed by atoms with Gasteiger partial charge in [0, 0.05) is 18.5 Å². The molecule has 0 aromatic carbocycles. The molecule has 1 amide bonds. The van der Waals surface area contributed by atoms with E-state index >= 15 is 0 Å². The standard InChI is InChI=1S/C16H21N3O3/c1-11-5-6-12(9-17)18-14(11)21-13-7-8-19(10-13)15(20)22-16(2,3)4/h5-6,13H,7-8,10H2,1-4H3/t13-/m0/s1. The number of ether oxygens (including phenoxy) is 2. The first-order valence-corrected chi connectivity index (χ1v) is 7.31. The smallest absolute Gasteiger partial charge is 0.410 e. The van der Waals surface area contributed by atoms with E-state index in [1.165, 1.54) is 0 Å². The van der Waals surface area contributed by atoms with Gasteiger partial charge in [0.25, 0.3) is 0 Å². The van der Waals surface area contributed by atoms with Crippen molar-refractivity contribution in [1.29, 1.82) is 5.26 Å². The normalized spacial score (nSPS) is 18.0. The SMILES string of the molecule is Cc1ccc(C#N)nc1O[C@H]1CCN(C(=O)OC(C)(C)C)C1. The summed E-state index contributed by atoms with van der Waals surface area (Å²) in [5, 5.41) is 8.90. The Balaban J connectivity index is 1.97. The van der Waals surface area contributed by atoms with Crippen LogP contribution in [-0.2, 0) is 4.74 Å². The van der Waals surface area contributed by atoms with Crippen LogP contribution in [0.4, 0.5) is 4.79 Å². The molecule has 0 unspecified atom stereocenters. The van der Waals surface area contributed by atoms with Crippen molar-refractivity contribution in [2.75, 3.05) is 13.1 Å². The number of carbonyl (C=O) groups excluding carboxylic acids is 1. The average Bonchev–Trinajstić information content (AvgIpc) is 2.88. The second-order valence-electron chi connectivity index (χ2n) is 6.39. The molecule has 1 saturated heterocycles. The van der Waals surface area contributed by atoms with E-state index in [-0.39, 0.29) is 12.2 Å². The quantitative estimate of drug-likeness (QED) is 0.839. The number of hydrogen-bond acceptors (Lipinski definition) is 5. The van der Waals surface area contributed by atoms with E-state index in [4.69, 9.17) is 14.7 Å². The number of nitrogens with zero attached hydrogens (tertiary/aromatic N) is 3. The van der Waals surface area contributed by atoms with Crippen LogP contribution in [0.2, 0.25) is 0 Å². The molecule has 6 heteroatoms. The minimum absolute atomic E-state index is 0.132. The number of aromatic nitrogens is 1. The lowest BCUT2D eigenvalue weighted by molar-refractivity contribution is 0.0275. The molecule has 0 N–H and O–H groups in total. The summed E-state index contributed by atoms with van der Waals surface area (Å²) in [5.41, 5.74) is 0.687. The highest BCUT2D eigenvalue weighted by atomic mass is 16.6. The highest BCUT2D eigenvalue weighted by Gasteiger charge is 2.31. The molecule has 2 heterocycles. The molecule has 1 atom stereocenters. The summed E-state index contributed by atoms with van der Waals surface area (Å²) in [7, 11) is 0. The molecule has 1 aliphatic heterocycles. The lowest BCUT2D eigenvalue weighted by atomic mass is 10.2. The summed E-state index contributed by atoms with van der Waals surface area (Å²) in [5.74, 6) is 0.454. The monoisotopic (exact) mass is 303 g/mol. The lowest BCUT2D eigenvalue weighted by Gasteiger charge is -2.24. The Morgan fingerprint density at radius 3 is 2.82 bits per heavy atom. The van der Waals surface area contributed by atoms with Gasteiger partial charge in [0.2, 0.25) is 5.88 Å². The molecule has 0 bridgehead atoms. The number of nitriles is 1. The van der Waals surface area contributed by atoms with Crippen LogP contribution in [0.15, 0.2) is 12.1 Å². The van der Waals surface area contributed by atoms with Crippen LogP contribution in [0.25, 0.3) is 0 Å². The zero-order chi connectivity index (χ0) is 16.3. The van der Waals surface area contributed by atoms with Gasteiger partial charge in [-0.25, -0.2) is 9.78 Å². The highest BCUT2D eigenvalue weighted by Crippen LogP contribution is 2.22. The number of amides is 1. The Morgan fingerprint density at radius 1 is 1.45 bits per heavy atom. The topological polar surface area (TPSA) is 75.5 Å². The van der Waals surface area contributed by atoms with E-state index in [0.29, 0.717) is 24.7 Å². The second kappa shape index (κ2) is 6.22. The molecule has 118 valence electrons. The number of likely N-dealkylation sites (tertiary alicyclic amines) is 1. The Bertz CT molecular complexity index is 602.